The monoisotopic (exact) mass is 740 g/mol. The predicted octanol–water partition coefficient (Wildman–Crippen LogP) is 12.3. The van der Waals surface area contributed by atoms with E-state index in [0.717, 1.165) is 50.5 Å². The van der Waals surface area contributed by atoms with Crippen LogP contribution >= 0.6 is 0 Å². The summed E-state index contributed by atoms with van der Waals surface area (Å²) in [7, 11) is 0. The van der Waals surface area contributed by atoms with Crippen molar-refractivity contribution < 1.29 is 0 Å². The molecular formula is C54H36N4. The van der Waals surface area contributed by atoms with Crippen molar-refractivity contribution in [2.75, 3.05) is 4.90 Å². The Morgan fingerprint density at radius 1 is 0.397 bits per heavy atom. The summed E-state index contributed by atoms with van der Waals surface area (Å²) in [5.74, 6) is 0. The van der Waals surface area contributed by atoms with E-state index in [2.05, 4.69) is 231 Å². The Bertz CT molecular complexity index is 3600. The Kier molecular flexibility index (Phi) is 7.06. The fourth-order valence-corrected chi connectivity index (χ4v) is 9.33. The number of fused-ring (bicyclic) bond motifs is 9. The normalized spacial score (nSPS) is 12.3. The lowest BCUT2D eigenvalue weighted by Gasteiger charge is -2.27. The van der Waals surface area contributed by atoms with Crippen molar-refractivity contribution in [3.8, 4) is 11.4 Å². The first kappa shape index (κ1) is 32.5. The third-order valence-corrected chi connectivity index (χ3v) is 11.9. The minimum Gasteiger partial charge on any atom is -0.310 e. The molecule has 8 aromatic carbocycles. The second kappa shape index (κ2) is 12.6. The Morgan fingerprint density at radius 3 is 1.64 bits per heavy atom. The molecule has 11 aromatic rings. The maximum Gasteiger partial charge on any atom is 0.0993 e. The molecule has 4 nitrogen and oxygen atoms in total. The van der Waals surface area contributed by atoms with Crippen LogP contribution in [0.25, 0.3) is 83.4 Å². The molecule has 58 heavy (non-hydrogen) atoms. The highest BCUT2D eigenvalue weighted by Crippen LogP contribution is 2.41. The number of anilines is 3. The van der Waals surface area contributed by atoms with E-state index in [1.165, 1.54) is 54.3 Å². The van der Waals surface area contributed by atoms with Crippen LogP contribution in [0.3, 0.4) is 0 Å². The highest BCUT2D eigenvalue weighted by atomic mass is 15.1. The molecule has 0 unspecified atom stereocenters. The maximum absolute atomic E-state index is 3.99. The van der Waals surface area contributed by atoms with E-state index in [1.807, 2.05) is 0 Å². The molecule has 3 heterocycles. The number of benzene rings is 8. The van der Waals surface area contributed by atoms with E-state index in [9.17, 15) is 0 Å². The summed E-state index contributed by atoms with van der Waals surface area (Å²) < 4.78 is 7.21. The van der Waals surface area contributed by atoms with Gasteiger partial charge in [-0.15, -0.1) is 0 Å². The standard InChI is InChI=1S/C54H36N4/c1-36-17-11-14-26-48(36)55(37-18-5-2-6-19-37)40-29-30-44-45-31-41(33-52(45)57(51(44)32-40)39-22-9-4-10-23-39)58-50-28-16-13-25-43(50)47-34-46-42-24-12-15-27-49(42)56(53(46)35-54(47)58)38-20-7-3-8-21-38/h2-32,34-35H,1H3. The van der Waals surface area contributed by atoms with Crippen LogP contribution in [0.5, 0.6) is 0 Å². The van der Waals surface area contributed by atoms with Gasteiger partial charge in [0, 0.05) is 60.6 Å². The molecular weight excluding hydrogens is 705 g/mol. The summed E-state index contributed by atoms with van der Waals surface area (Å²) in [4.78, 5) is 2.37. The second-order valence-corrected chi connectivity index (χ2v) is 15.2. The molecule has 4 heteroatoms. The summed E-state index contributed by atoms with van der Waals surface area (Å²) in [6.07, 6.45) is 2.34. The summed E-state index contributed by atoms with van der Waals surface area (Å²) in [5.41, 5.74) is 17.7. The number of allylic oxidation sites excluding steroid dienone is 1. The van der Waals surface area contributed by atoms with E-state index >= 15 is 0 Å². The first-order valence-electron chi connectivity index (χ1n) is 19.9. The van der Waals surface area contributed by atoms with Gasteiger partial charge in [0.1, 0.15) is 0 Å². The molecule has 272 valence electrons. The molecule has 0 radical (unpaired) electrons. The van der Waals surface area contributed by atoms with Crippen LogP contribution in [-0.2, 0) is 0 Å². The van der Waals surface area contributed by atoms with E-state index < -0.39 is 0 Å². The van der Waals surface area contributed by atoms with Crippen LogP contribution in [0.15, 0.2) is 194 Å². The molecule has 0 aliphatic heterocycles. The third-order valence-electron chi connectivity index (χ3n) is 11.9. The number of hydrogen-bond acceptors (Lipinski definition) is 1. The largest absolute Gasteiger partial charge is 0.310 e. The van der Waals surface area contributed by atoms with Gasteiger partial charge in [-0.25, -0.2) is 0 Å². The van der Waals surface area contributed by atoms with Crippen LogP contribution in [0.4, 0.5) is 17.1 Å². The van der Waals surface area contributed by atoms with Crippen molar-refractivity contribution in [3.05, 3.63) is 210 Å². The van der Waals surface area contributed by atoms with Crippen molar-refractivity contribution in [2.24, 2.45) is 0 Å². The quantitative estimate of drug-likeness (QED) is 0.166. The number of para-hydroxylation sites is 6. The van der Waals surface area contributed by atoms with Crippen molar-refractivity contribution in [1.29, 1.82) is 0 Å². The van der Waals surface area contributed by atoms with Crippen LogP contribution in [-0.4, -0.2) is 13.7 Å². The average molecular weight is 741 g/mol. The Labute approximate surface area is 335 Å². The number of nitrogens with zero attached hydrogens (tertiary/aromatic N) is 4. The Hall–Kier alpha value is -7.78. The third kappa shape index (κ3) is 4.76. The van der Waals surface area contributed by atoms with Crippen molar-refractivity contribution in [2.45, 2.75) is 6.92 Å². The molecule has 1 aliphatic rings. The Balaban J connectivity index is 1.15. The maximum atomic E-state index is 3.99. The molecule has 0 amide bonds. The summed E-state index contributed by atoms with van der Waals surface area (Å²) >= 11 is 0. The van der Waals surface area contributed by atoms with Gasteiger partial charge in [-0.1, -0.05) is 121 Å². The van der Waals surface area contributed by atoms with E-state index in [0.29, 0.717) is 0 Å². The summed E-state index contributed by atoms with van der Waals surface area (Å²) in [6, 6.07) is 70.0. The van der Waals surface area contributed by atoms with Gasteiger partial charge in [-0.2, -0.15) is 0 Å². The number of aryl methyl sites for hydroxylation is 1. The predicted molar refractivity (Wildman–Crippen MR) is 243 cm³/mol. The van der Waals surface area contributed by atoms with Crippen molar-refractivity contribution >= 4 is 89.1 Å². The number of hydrogen-bond donors (Lipinski definition) is 0. The van der Waals surface area contributed by atoms with Crippen LogP contribution in [0.1, 0.15) is 5.56 Å². The lowest BCUT2D eigenvalue weighted by atomic mass is 10.1. The molecule has 0 atom stereocenters. The molecule has 0 spiro atoms. The number of aromatic nitrogens is 3. The molecule has 1 aliphatic carbocycles. The van der Waals surface area contributed by atoms with E-state index in [-0.39, 0.29) is 0 Å². The molecule has 0 fully saturated rings. The zero-order valence-electron chi connectivity index (χ0n) is 31.8. The van der Waals surface area contributed by atoms with E-state index in [4.69, 9.17) is 0 Å². The molecule has 0 saturated heterocycles. The van der Waals surface area contributed by atoms with Gasteiger partial charge in [0.15, 0.2) is 0 Å². The van der Waals surface area contributed by atoms with Gasteiger partial charge in [0.25, 0.3) is 0 Å². The molecule has 0 bridgehead atoms. The highest BCUT2D eigenvalue weighted by Gasteiger charge is 2.22. The van der Waals surface area contributed by atoms with E-state index in [1.54, 1.807) is 0 Å². The number of rotatable bonds is 6. The average Bonchev–Trinajstić information content (AvgIpc) is 4.01. The minimum atomic E-state index is 1.03. The van der Waals surface area contributed by atoms with Gasteiger partial charge in [-0.3, -0.25) is 0 Å². The molecule has 12 rings (SSSR count). The highest BCUT2D eigenvalue weighted by molar-refractivity contribution is 6.20. The summed E-state index contributed by atoms with van der Waals surface area (Å²) in [6.45, 7) is 2.18. The Morgan fingerprint density at radius 2 is 0.948 bits per heavy atom. The van der Waals surface area contributed by atoms with Gasteiger partial charge in [0.05, 0.1) is 38.6 Å². The molecule has 0 saturated carbocycles. The first-order chi connectivity index (χ1) is 28.7. The van der Waals surface area contributed by atoms with Gasteiger partial charge < -0.3 is 18.6 Å². The lowest BCUT2D eigenvalue weighted by molar-refractivity contribution is 1.07. The SMILES string of the molecule is Cc1ccccc1N(c1ccccc1)c1ccc2c3c(n(-c4ccccc4)c2c1)=C=C(n1c2ccccc2c2cc4c5ccccc5n(-c5ccccc5)c4cc21)C=3. The fourth-order valence-electron chi connectivity index (χ4n) is 9.33. The fraction of sp³-hybridized carbons (Fsp3) is 0.0185. The van der Waals surface area contributed by atoms with Crippen LogP contribution in [0, 0.1) is 6.92 Å². The van der Waals surface area contributed by atoms with Crippen molar-refractivity contribution in [1.82, 2.24) is 13.7 Å². The van der Waals surface area contributed by atoms with Crippen LogP contribution in [0.2, 0.25) is 0 Å². The van der Waals surface area contributed by atoms with Crippen LogP contribution < -0.4 is 15.5 Å². The second-order valence-electron chi connectivity index (χ2n) is 15.2. The summed E-state index contributed by atoms with van der Waals surface area (Å²) in [5, 5.41) is 8.38. The topological polar surface area (TPSA) is 18.0 Å². The minimum absolute atomic E-state index is 1.03. The van der Waals surface area contributed by atoms with Gasteiger partial charge >= 0.3 is 0 Å². The van der Waals surface area contributed by atoms with Crippen molar-refractivity contribution in [3.63, 3.8) is 0 Å². The first-order valence-corrected chi connectivity index (χ1v) is 19.9. The molecule has 0 N–H and O–H groups in total. The zero-order valence-corrected chi connectivity index (χ0v) is 31.8. The smallest absolute Gasteiger partial charge is 0.0993 e. The van der Waals surface area contributed by atoms with Gasteiger partial charge in [-0.05, 0) is 97.4 Å². The zero-order chi connectivity index (χ0) is 38.3. The lowest BCUT2D eigenvalue weighted by Crippen LogP contribution is -2.25. The van der Waals surface area contributed by atoms with Gasteiger partial charge in [0.2, 0.25) is 0 Å². The molecule has 3 aromatic heterocycles.